The molecule has 0 atom stereocenters. The number of aromatic nitrogens is 1. The highest BCUT2D eigenvalue weighted by atomic mass is 79.9. The second-order valence-corrected chi connectivity index (χ2v) is 5.74. The summed E-state index contributed by atoms with van der Waals surface area (Å²) in [6, 6.07) is 8.00. The molecule has 0 amide bonds. The van der Waals surface area contributed by atoms with E-state index < -0.39 is 0 Å². The Morgan fingerprint density at radius 1 is 1.39 bits per heavy atom. The summed E-state index contributed by atoms with van der Waals surface area (Å²) in [4.78, 5) is 5.54. The molecule has 0 fully saturated rings. The standard InChI is InChI=1S/C12H10BrN3OS/c13-7-3-9(18-6-7)5-15-12-16-10-4-8(14)1-2-11(10)17-12/h1-4,6H,5,14H2,(H,15,16). The third-order valence-electron chi connectivity index (χ3n) is 2.45. The minimum Gasteiger partial charge on any atom is -0.424 e. The van der Waals surface area contributed by atoms with Crippen LogP contribution in [0.15, 0.2) is 38.5 Å². The van der Waals surface area contributed by atoms with Crippen LogP contribution < -0.4 is 11.1 Å². The lowest BCUT2D eigenvalue weighted by Gasteiger charge is -1.97. The van der Waals surface area contributed by atoms with Crippen molar-refractivity contribution in [3.05, 3.63) is 39.0 Å². The van der Waals surface area contributed by atoms with E-state index >= 15 is 0 Å². The van der Waals surface area contributed by atoms with Crippen molar-refractivity contribution in [2.75, 3.05) is 11.1 Å². The number of fused-ring (bicyclic) bond motifs is 1. The van der Waals surface area contributed by atoms with Gasteiger partial charge in [-0.25, -0.2) is 0 Å². The van der Waals surface area contributed by atoms with Crippen molar-refractivity contribution in [1.29, 1.82) is 0 Å². The molecule has 0 saturated heterocycles. The maximum Gasteiger partial charge on any atom is 0.295 e. The molecule has 2 aromatic heterocycles. The van der Waals surface area contributed by atoms with E-state index in [2.05, 4.69) is 32.3 Å². The van der Waals surface area contributed by atoms with Gasteiger partial charge in [0.2, 0.25) is 0 Å². The van der Waals surface area contributed by atoms with Crippen LogP contribution in [0, 0.1) is 0 Å². The quantitative estimate of drug-likeness (QED) is 0.718. The first kappa shape index (κ1) is 11.6. The average Bonchev–Trinajstić information content (AvgIpc) is 2.92. The Kier molecular flexibility index (Phi) is 2.97. The van der Waals surface area contributed by atoms with Gasteiger partial charge in [0, 0.05) is 20.4 Å². The second kappa shape index (κ2) is 4.62. The van der Waals surface area contributed by atoms with E-state index in [4.69, 9.17) is 10.2 Å². The van der Waals surface area contributed by atoms with Gasteiger partial charge in [-0.05, 0) is 40.2 Å². The number of benzene rings is 1. The highest BCUT2D eigenvalue weighted by Crippen LogP contribution is 2.23. The van der Waals surface area contributed by atoms with Crippen molar-refractivity contribution < 1.29 is 4.42 Å². The van der Waals surface area contributed by atoms with Crippen LogP contribution in [-0.4, -0.2) is 4.98 Å². The third kappa shape index (κ3) is 2.34. The number of nitrogens with two attached hydrogens (primary N) is 1. The second-order valence-electron chi connectivity index (χ2n) is 3.83. The fraction of sp³-hybridized carbons (Fsp3) is 0.0833. The number of nitrogen functional groups attached to an aromatic ring is 1. The lowest BCUT2D eigenvalue weighted by atomic mass is 10.3. The molecule has 0 bridgehead atoms. The molecule has 0 spiro atoms. The fourth-order valence-electron chi connectivity index (χ4n) is 1.63. The van der Waals surface area contributed by atoms with Crippen molar-refractivity contribution in [3.63, 3.8) is 0 Å². The summed E-state index contributed by atoms with van der Waals surface area (Å²) in [7, 11) is 0. The Morgan fingerprint density at radius 2 is 2.28 bits per heavy atom. The molecule has 3 aromatic rings. The molecule has 0 aliphatic carbocycles. The van der Waals surface area contributed by atoms with E-state index in [-0.39, 0.29) is 0 Å². The summed E-state index contributed by atoms with van der Waals surface area (Å²) in [5.74, 6) is 0. The van der Waals surface area contributed by atoms with E-state index in [1.165, 1.54) is 4.88 Å². The summed E-state index contributed by atoms with van der Waals surface area (Å²) in [6.45, 7) is 0.693. The number of rotatable bonds is 3. The largest absolute Gasteiger partial charge is 0.424 e. The molecular formula is C12H10BrN3OS. The normalized spacial score (nSPS) is 10.9. The first-order chi connectivity index (χ1) is 8.70. The van der Waals surface area contributed by atoms with Crippen molar-refractivity contribution in [2.45, 2.75) is 6.54 Å². The number of oxazole rings is 1. The summed E-state index contributed by atoms with van der Waals surface area (Å²) in [6.07, 6.45) is 0. The summed E-state index contributed by atoms with van der Waals surface area (Å²) >= 11 is 5.10. The zero-order valence-corrected chi connectivity index (χ0v) is 11.7. The van der Waals surface area contributed by atoms with Crippen LogP contribution in [0.4, 0.5) is 11.7 Å². The number of anilines is 2. The molecule has 0 unspecified atom stereocenters. The predicted octanol–water partition coefficient (Wildman–Crippen LogP) is 3.85. The molecule has 6 heteroatoms. The average molecular weight is 324 g/mol. The molecule has 1 aromatic carbocycles. The smallest absolute Gasteiger partial charge is 0.295 e. The Bertz CT molecular complexity index is 692. The molecule has 2 heterocycles. The molecule has 18 heavy (non-hydrogen) atoms. The van der Waals surface area contributed by atoms with Crippen LogP contribution in [0.3, 0.4) is 0 Å². The topological polar surface area (TPSA) is 64.1 Å². The summed E-state index contributed by atoms with van der Waals surface area (Å²) in [5, 5.41) is 5.20. The van der Waals surface area contributed by atoms with Crippen LogP contribution >= 0.6 is 27.3 Å². The van der Waals surface area contributed by atoms with Crippen LogP contribution in [0.25, 0.3) is 11.1 Å². The van der Waals surface area contributed by atoms with Gasteiger partial charge in [-0.1, -0.05) is 0 Å². The minimum atomic E-state index is 0.514. The summed E-state index contributed by atoms with van der Waals surface area (Å²) < 4.78 is 6.66. The molecule has 0 saturated carbocycles. The third-order valence-corrected chi connectivity index (χ3v) is 4.14. The Balaban J connectivity index is 1.78. The van der Waals surface area contributed by atoms with E-state index in [9.17, 15) is 0 Å². The lowest BCUT2D eigenvalue weighted by molar-refractivity contribution is 0.615. The fourth-order valence-corrected chi connectivity index (χ4v) is 3.02. The van der Waals surface area contributed by atoms with Crippen molar-refractivity contribution in [2.24, 2.45) is 0 Å². The van der Waals surface area contributed by atoms with E-state index in [1.807, 2.05) is 11.4 Å². The Labute approximate surface area is 116 Å². The monoisotopic (exact) mass is 323 g/mol. The number of halogens is 1. The van der Waals surface area contributed by atoms with Gasteiger partial charge in [-0.15, -0.1) is 11.3 Å². The summed E-state index contributed by atoms with van der Waals surface area (Å²) in [5.41, 5.74) is 7.88. The highest BCUT2D eigenvalue weighted by Gasteiger charge is 2.06. The van der Waals surface area contributed by atoms with Gasteiger partial charge in [0.1, 0.15) is 5.52 Å². The Hall–Kier alpha value is -1.53. The molecule has 3 N–H and O–H groups in total. The lowest BCUT2D eigenvalue weighted by Crippen LogP contribution is -1.96. The van der Waals surface area contributed by atoms with Gasteiger partial charge in [0.25, 0.3) is 6.01 Å². The van der Waals surface area contributed by atoms with Gasteiger partial charge in [-0.3, -0.25) is 0 Å². The number of nitrogens with one attached hydrogen (secondary N) is 1. The van der Waals surface area contributed by atoms with Gasteiger partial charge < -0.3 is 15.5 Å². The molecule has 0 radical (unpaired) electrons. The Morgan fingerprint density at radius 3 is 3.06 bits per heavy atom. The number of hydrogen-bond acceptors (Lipinski definition) is 5. The first-order valence-corrected chi connectivity index (χ1v) is 7.01. The maximum atomic E-state index is 5.70. The first-order valence-electron chi connectivity index (χ1n) is 5.33. The number of hydrogen-bond donors (Lipinski definition) is 2. The zero-order valence-electron chi connectivity index (χ0n) is 9.31. The van der Waals surface area contributed by atoms with Crippen LogP contribution in [0.2, 0.25) is 0 Å². The SMILES string of the molecule is Nc1ccc2oc(NCc3cc(Br)cs3)nc2c1. The van der Waals surface area contributed by atoms with Crippen molar-refractivity contribution in [3.8, 4) is 0 Å². The van der Waals surface area contributed by atoms with Crippen molar-refractivity contribution in [1.82, 2.24) is 4.98 Å². The number of thiophene rings is 1. The highest BCUT2D eigenvalue weighted by molar-refractivity contribution is 9.10. The van der Waals surface area contributed by atoms with Gasteiger partial charge >= 0.3 is 0 Å². The van der Waals surface area contributed by atoms with E-state index in [1.54, 1.807) is 23.5 Å². The maximum absolute atomic E-state index is 5.70. The molecule has 0 aliphatic heterocycles. The van der Waals surface area contributed by atoms with Gasteiger partial charge in [-0.2, -0.15) is 4.98 Å². The molecule has 3 rings (SSSR count). The van der Waals surface area contributed by atoms with Gasteiger partial charge in [0.05, 0.1) is 6.54 Å². The molecule has 92 valence electrons. The molecule has 4 nitrogen and oxygen atoms in total. The molecular weight excluding hydrogens is 314 g/mol. The molecule has 0 aliphatic rings. The van der Waals surface area contributed by atoms with Crippen molar-refractivity contribution >= 4 is 50.1 Å². The van der Waals surface area contributed by atoms with Crippen LogP contribution in [0.5, 0.6) is 0 Å². The van der Waals surface area contributed by atoms with Gasteiger partial charge in [0.15, 0.2) is 5.58 Å². The number of nitrogens with zero attached hydrogens (tertiary/aromatic N) is 1. The minimum absolute atomic E-state index is 0.514. The van der Waals surface area contributed by atoms with Crippen LogP contribution in [0.1, 0.15) is 4.88 Å². The predicted molar refractivity (Wildman–Crippen MR) is 77.8 cm³/mol. The van der Waals surface area contributed by atoms with E-state index in [0.29, 0.717) is 18.2 Å². The van der Waals surface area contributed by atoms with Crippen LogP contribution in [-0.2, 0) is 6.54 Å². The zero-order chi connectivity index (χ0) is 12.5. The van der Waals surface area contributed by atoms with E-state index in [0.717, 1.165) is 15.6 Å².